The summed E-state index contributed by atoms with van der Waals surface area (Å²) >= 11 is 0. The van der Waals surface area contributed by atoms with E-state index in [0.717, 1.165) is 18.6 Å². The second-order valence-electron chi connectivity index (χ2n) is 4.59. The maximum atomic E-state index is 10.2. The van der Waals surface area contributed by atoms with Crippen molar-refractivity contribution in [2.45, 2.75) is 25.7 Å². The molecule has 2 unspecified atom stereocenters. The van der Waals surface area contributed by atoms with E-state index >= 15 is 0 Å². The molecular formula is C13H16O3. The first-order chi connectivity index (χ1) is 7.84. The van der Waals surface area contributed by atoms with E-state index in [2.05, 4.69) is 12.1 Å². The SMILES string of the molecule is OC(c1ccc2c(c1)COC2)C1CCOC1. The molecular weight excluding hydrogens is 204 g/mol. The molecule has 0 radical (unpaired) electrons. The van der Waals surface area contributed by atoms with Crippen molar-refractivity contribution in [1.29, 1.82) is 0 Å². The van der Waals surface area contributed by atoms with E-state index in [9.17, 15) is 5.11 Å². The summed E-state index contributed by atoms with van der Waals surface area (Å²) in [6.07, 6.45) is 0.558. The van der Waals surface area contributed by atoms with Crippen LogP contribution in [0.15, 0.2) is 18.2 Å². The Bertz CT molecular complexity index is 383. The third kappa shape index (κ3) is 1.75. The Morgan fingerprint density at radius 2 is 2.06 bits per heavy atom. The van der Waals surface area contributed by atoms with Crippen molar-refractivity contribution in [2.24, 2.45) is 5.92 Å². The van der Waals surface area contributed by atoms with Gasteiger partial charge in [0.25, 0.3) is 0 Å². The highest BCUT2D eigenvalue weighted by Gasteiger charge is 2.26. The molecule has 0 saturated carbocycles. The number of hydrogen-bond donors (Lipinski definition) is 1. The summed E-state index contributed by atoms with van der Waals surface area (Å²) in [5.41, 5.74) is 3.47. The fourth-order valence-corrected chi connectivity index (χ4v) is 2.45. The molecule has 0 aliphatic carbocycles. The number of hydrogen-bond acceptors (Lipinski definition) is 3. The van der Waals surface area contributed by atoms with E-state index < -0.39 is 6.10 Å². The second-order valence-corrected chi connectivity index (χ2v) is 4.59. The minimum absolute atomic E-state index is 0.250. The lowest BCUT2D eigenvalue weighted by Crippen LogP contribution is -2.12. The van der Waals surface area contributed by atoms with Crippen LogP contribution in [0.5, 0.6) is 0 Å². The van der Waals surface area contributed by atoms with Gasteiger partial charge in [0.05, 0.1) is 25.9 Å². The van der Waals surface area contributed by atoms with Crippen molar-refractivity contribution in [1.82, 2.24) is 0 Å². The summed E-state index contributed by atoms with van der Waals surface area (Å²) < 4.78 is 10.7. The molecule has 16 heavy (non-hydrogen) atoms. The highest BCUT2D eigenvalue weighted by atomic mass is 16.5. The van der Waals surface area contributed by atoms with Crippen molar-refractivity contribution in [3.8, 4) is 0 Å². The Labute approximate surface area is 95.0 Å². The largest absolute Gasteiger partial charge is 0.388 e. The summed E-state index contributed by atoms with van der Waals surface area (Å²) in [5.74, 6) is 0.250. The van der Waals surface area contributed by atoms with Gasteiger partial charge in [-0.2, -0.15) is 0 Å². The first-order valence-corrected chi connectivity index (χ1v) is 5.80. The molecule has 0 amide bonds. The van der Waals surface area contributed by atoms with Gasteiger partial charge in [-0.1, -0.05) is 18.2 Å². The lowest BCUT2D eigenvalue weighted by molar-refractivity contribution is 0.0916. The van der Waals surface area contributed by atoms with Crippen LogP contribution in [0.2, 0.25) is 0 Å². The summed E-state index contributed by atoms with van der Waals surface area (Å²) in [5, 5.41) is 10.2. The van der Waals surface area contributed by atoms with Crippen LogP contribution >= 0.6 is 0 Å². The van der Waals surface area contributed by atoms with E-state index in [1.165, 1.54) is 11.1 Å². The zero-order chi connectivity index (χ0) is 11.0. The first-order valence-electron chi connectivity index (χ1n) is 5.80. The summed E-state index contributed by atoms with van der Waals surface area (Å²) in [6, 6.07) is 6.15. The molecule has 86 valence electrons. The third-order valence-electron chi connectivity index (χ3n) is 3.50. The molecule has 2 heterocycles. The van der Waals surface area contributed by atoms with Gasteiger partial charge < -0.3 is 14.6 Å². The number of fused-ring (bicyclic) bond motifs is 1. The van der Waals surface area contributed by atoms with Crippen molar-refractivity contribution in [3.05, 3.63) is 34.9 Å². The van der Waals surface area contributed by atoms with Gasteiger partial charge in [-0.3, -0.25) is 0 Å². The van der Waals surface area contributed by atoms with Gasteiger partial charge in [0.2, 0.25) is 0 Å². The molecule has 0 bridgehead atoms. The van der Waals surface area contributed by atoms with E-state index in [0.29, 0.717) is 19.8 Å². The zero-order valence-corrected chi connectivity index (χ0v) is 9.19. The molecule has 1 N–H and O–H groups in total. The molecule has 3 nitrogen and oxygen atoms in total. The van der Waals surface area contributed by atoms with Gasteiger partial charge in [-0.25, -0.2) is 0 Å². The van der Waals surface area contributed by atoms with Gasteiger partial charge in [0, 0.05) is 12.5 Å². The lowest BCUT2D eigenvalue weighted by Gasteiger charge is -2.17. The van der Waals surface area contributed by atoms with Gasteiger partial charge in [-0.15, -0.1) is 0 Å². The van der Waals surface area contributed by atoms with Crippen LogP contribution in [0, 0.1) is 5.92 Å². The third-order valence-corrected chi connectivity index (χ3v) is 3.50. The number of rotatable bonds is 2. The Balaban J connectivity index is 1.83. The molecule has 1 aromatic carbocycles. The predicted octanol–water partition coefficient (Wildman–Crippen LogP) is 1.79. The van der Waals surface area contributed by atoms with Gasteiger partial charge >= 0.3 is 0 Å². The zero-order valence-electron chi connectivity index (χ0n) is 9.19. The number of aliphatic hydroxyl groups excluding tert-OH is 1. The minimum Gasteiger partial charge on any atom is -0.388 e. The van der Waals surface area contributed by atoms with Crippen molar-refractivity contribution >= 4 is 0 Å². The molecule has 3 heteroatoms. The molecule has 3 rings (SSSR count). The predicted molar refractivity (Wildman–Crippen MR) is 58.8 cm³/mol. The lowest BCUT2D eigenvalue weighted by atomic mass is 9.93. The maximum Gasteiger partial charge on any atom is 0.0841 e. The fourth-order valence-electron chi connectivity index (χ4n) is 2.45. The van der Waals surface area contributed by atoms with E-state index in [1.54, 1.807) is 0 Å². The molecule has 0 spiro atoms. The minimum atomic E-state index is -0.395. The standard InChI is InChI=1S/C13H16O3/c14-13(11-3-4-15-7-11)9-1-2-10-6-16-8-12(10)5-9/h1-2,5,11,13-14H,3-4,6-8H2. The average Bonchev–Trinajstić information content (AvgIpc) is 2.98. The van der Waals surface area contributed by atoms with Crippen LogP contribution < -0.4 is 0 Å². The number of benzene rings is 1. The Kier molecular flexibility index (Phi) is 2.67. The van der Waals surface area contributed by atoms with Gasteiger partial charge in [-0.05, 0) is 23.1 Å². The molecule has 1 fully saturated rings. The van der Waals surface area contributed by atoms with E-state index in [4.69, 9.17) is 9.47 Å². The number of ether oxygens (including phenoxy) is 2. The molecule has 2 aliphatic rings. The van der Waals surface area contributed by atoms with Crippen LogP contribution in [-0.2, 0) is 22.7 Å². The van der Waals surface area contributed by atoms with Crippen LogP contribution in [0.25, 0.3) is 0 Å². The normalized spacial score (nSPS) is 25.7. The fraction of sp³-hybridized carbons (Fsp3) is 0.538. The van der Waals surface area contributed by atoms with Crippen molar-refractivity contribution in [2.75, 3.05) is 13.2 Å². The van der Waals surface area contributed by atoms with Crippen LogP contribution in [-0.4, -0.2) is 18.3 Å². The highest BCUT2D eigenvalue weighted by Crippen LogP contribution is 2.31. The van der Waals surface area contributed by atoms with E-state index in [-0.39, 0.29) is 5.92 Å². The average molecular weight is 220 g/mol. The van der Waals surface area contributed by atoms with Gasteiger partial charge in [0.1, 0.15) is 0 Å². The van der Waals surface area contributed by atoms with Gasteiger partial charge in [0.15, 0.2) is 0 Å². The summed E-state index contributed by atoms with van der Waals surface area (Å²) in [4.78, 5) is 0. The Morgan fingerprint density at radius 1 is 1.19 bits per heavy atom. The summed E-state index contributed by atoms with van der Waals surface area (Å²) in [6.45, 7) is 2.83. The van der Waals surface area contributed by atoms with Crippen LogP contribution in [0.4, 0.5) is 0 Å². The van der Waals surface area contributed by atoms with Crippen LogP contribution in [0.1, 0.15) is 29.2 Å². The Morgan fingerprint density at radius 3 is 2.88 bits per heavy atom. The molecule has 0 aromatic heterocycles. The maximum absolute atomic E-state index is 10.2. The second kappa shape index (κ2) is 4.17. The molecule has 2 aliphatic heterocycles. The molecule has 2 atom stereocenters. The number of aliphatic hydroxyl groups is 1. The smallest absolute Gasteiger partial charge is 0.0841 e. The van der Waals surface area contributed by atoms with Crippen molar-refractivity contribution in [3.63, 3.8) is 0 Å². The highest BCUT2D eigenvalue weighted by molar-refractivity contribution is 5.34. The summed E-state index contributed by atoms with van der Waals surface area (Å²) in [7, 11) is 0. The first kappa shape index (κ1) is 10.3. The topological polar surface area (TPSA) is 38.7 Å². The monoisotopic (exact) mass is 220 g/mol. The van der Waals surface area contributed by atoms with Crippen LogP contribution in [0.3, 0.4) is 0 Å². The molecule has 1 aromatic rings. The quantitative estimate of drug-likeness (QED) is 0.825. The molecule has 1 saturated heterocycles. The Hall–Kier alpha value is -0.900. The van der Waals surface area contributed by atoms with Crippen molar-refractivity contribution < 1.29 is 14.6 Å². The van der Waals surface area contributed by atoms with E-state index in [1.807, 2.05) is 6.07 Å².